The summed E-state index contributed by atoms with van der Waals surface area (Å²) in [4.78, 5) is 14.0. The molecule has 1 N–H and O–H groups in total. The highest BCUT2D eigenvalue weighted by molar-refractivity contribution is 5.93. The van der Waals surface area contributed by atoms with Crippen LogP contribution in [0.3, 0.4) is 0 Å². The molecule has 1 aliphatic heterocycles. The minimum atomic E-state index is 0. The number of amides is 1. The van der Waals surface area contributed by atoms with Gasteiger partial charge in [0.2, 0.25) is 0 Å². The van der Waals surface area contributed by atoms with E-state index in [1.54, 1.807) is 10.9 Å². The van der Waals surface area contributed by atoms with Gasteiger partial charge in [0, 0.05) is 32.4 Å². The highest BCUT2D eigenvalue weighted by Gasteiger charge is 2.18. The zero-order chi connectivity index (χ0) is 11.4. The summed E-state index contributed by atoms with van der Waals surface area (Å²) in [6.07, 6.45) is 4.50. The van der Waals surface area contributed by atoms with E-state index in [1.807, 2.05) is 18.0 Å². The van der Waals surface area contributed by atoms with Crippen LogP contribution in [0.2, 0.25) is 0 Å². The lowest BCUT2D eigenvalue weighted by molar-refractivity contribution is 0.0766. The number of nitrogens with zero attached hydrogens (tertiary/aromatic N) is 3. The van der Waals surface area contributed by atoms with Crippen LogP contribution >= 0.6 is 12.4 Å². The largest absolute Gasteiger partial charge is 0.337 e. The lowest BCUT2D eigenvalue weighted by Crippen LogP contribution is -2.33. The molecular weight excluding hydrogens is 240 g/mol. The molecule has 1 aliphatic rings. The van der Waals surface area contributed by atoms with Crippen molar-refractivity contribution in [2.45, 2.75) is 19.9 Å². The van der Waals surface area contributed by atoms with Crippen LogP contribution in [0.1, 0.15) is 23.7 Å². The van der Waals surface area contributed by atoms with E-state index in [9.17, 15) is 4.79 Å². The summed E-state index contributed by atoms with van der Waals surface area (Å²) in [6, 6.07) is 0. The first-order valence-electron chi connectivity index (χ1n) is 5.83. The number of carbonyl (C=O) groups is 1. The Hall–Kier alpha value is -1.07. The predicted octanol–water partition coefficient (Wildman–Crippen LogP) is 0.760. The van der Waals surface area contributed by atoms with Gasteiger partial charge < -0.3 is 10.2 Å². The second-order valence-electron chi connectivity index (χ2n) is 3.98. The van der Waals surface area contributed by atoms with Crippen LogP contribution in [0.25, 0.3) is 0 Å². The van der Waals surface area contributed by atoms with Crippen LogP contribution in [0.5, 0.6) is 0 Å². The number of hydrogen-bond donors (Lipinski definition) is 1. The van der Waals surface area contributed by atoms with Gasteiger partial charge in [0.1, 0.15) is 0 Å². The van der Waals surface area contributed by atoms with E-state index in [-0.39, 0.29) is 18.3 Å². The van der Waals surface area contributed by atoms with E-state index in [1.165, 1.54) is 0 Å². The zero-order valence-corrected chi connectivity index (χ0v) is 10.9. The molecule has 0 bridgehead atoms. The third-order valence-corrected chi connectivity index (χ3v) is 2.83. The fraction of sp³-hybridized carbons (Fsp3) is 0.636. The quantitative estimate of drug-likeness (QED) is 0.852. The summed E-state index contributed by atoms with van der Waals surface area (Å²) in [5, 5.41) is 7.41. The second-order valence-corrected chi connectivity index (χ2v) is 3.98. The molecule has 2 rings (SSSR count). The molecule has 0 aromatic carbocycles. The number of nitrogens with one attached hydrogen (secondary N) is 1. The summed E-state index contributed by atoms with van der Waals surface area (Å²) in [5.41, 5.74) is 0.698. The standard InChI is InChI=1S/C11H18N4O.ClH/c1-2-15-9-10(8-13-15)11(16)14-6-3-4-12-5-7-14;/h8-9,12H,2-7H2,1H3;1H. The molecule has 1 amide bonds. The topological polar surface area (TPSA) is 50.2 Å². The Bertz CT molecular complexity index is 358. The Labute approximate surface area is 108 Å². The Morgan fingerprint density at radius 1 is 1.47 bits per heavy atom. The number of rotatable bonds is 2. The van der Waals surface area contributed by atoms with Crippen molar-refractivity contribution < 1.29 is 4.79 Å². The number of aryl methyl sites for hydroxylation is 1. The van der Waals surface area contributed by atoms with Crippen molar-refractivity contribution in [3.63, 3.8) is 0 Å². The van der Waals surface area contributed by atoms with Crippen molar-refractivity contribution in [2.24, 2.45) is 0 Å². The SMILES string of the molecule is CCn1cc(C(=O)N2CCCNCC2)cn1.Cl. The van der Waals surface area contributed by atoms with E-state index in [2.05, 4.69) is 10.4 Å². The van der Waals surface area contributed by atoms with Crippen molar-refractivity contribution in [3.8, 4) is 0 Å². The first-order chi connectivity index (χ1) is 7.81. The van der Waals surface area contributed by atoms with Crippen molar-refractivity contribution in [1.29, 1.82) is 0 Å². The first kappa shape index (κ1) is 14.0. The number of carbonyl (C=O) groups excluding carboxylic acids is 1. The molecule has 0 aliphatic carbocycles. The van der Waals surface area contributed by atoms with E-state index in [4.69, 9.17) is 0 Å². The molecule has 1 fully saturated rings. The smallest absolute Gasteiger partial charge is 0.257 e. The maximum atomic E-state index is 12.1. The molecule has 96 valence electrons. The maximum Gasteiger partial charge on any atom is 0.257 e. The van der Waals surface area contributed by atoms with Gasteiger partial charge >= 0.3 is 0 Å². The van der Waals surface area contributed by atoms with Crippen molar-refractivity contribution in [2.75, 3.05) is 26.2 Å². The van der Waals surface area contributed by atoms with Gasteiger partial charge in [-0.2, -0.15) is 5.10 Å². The molecule has 2 heterocycles. The van der Waals surface area contributed by atoms with Crippen molar-refractivity contribution in [3.05, 3.63) is 18.0 Å². The molecule has 0 spiro atoms. The Morgan fingerprint density at radius 2 is 2.29 bits per heavy atom. The van der Waals surface area contributed by atoms with Gasteiger partial charge in [-0.1, -0.05) is 0 Å². The number of aromatic nitrogens is 2. The third kappa shape index (κ3) is 3.44. The van der Waals surface area contributed by atoms with E-state index >= 15 is 0 Å². The lowest BCUT2D eigenvalue weighted by atomic mass is 10.3. The third-order valence-electron chi connectivity index (χ3n) is 2.83. The van der Waals surface area contributed by atoms with Crippen LogP contribution in [-0.4, -0.2) is 46.8 Å². The molecular formula is C11H19ClN4O. The molecule has 1 aromatic rings. The van der Waals surface area contributed by atoms with E-state index in [0.717, 1.165) is 39.1 Å². The molecule has 1 aromatic heterocycles. The molecule has 0 unspecified atom stereocenters. The average Bonchev–Trinajstić information content (AvgIpc) is 2.62. The average molecular weight is 259 g/mol. The Morgan fingerprint density at radius 3 is 3.00 bits per heavy atom. The zero-order valence-electron chi connectivity index (χ0n) is 10.1. The summed E-state index contributed by atoms with van der Waals surface area (Å²) >= 11 is 0. The highest BCUT2D eigenvalue weighted by Crippen LogP contribution is 2.05. The molecule has 0 saturated carbocycles. The first-order valence-corrected chi connectivity index (χ1v) is 5.83. The van der Waals surface area contributed by atoms with Crippen molar-refractivity contribution in [1.82, 2.24) is 20.0 Å². The monoisotopic (exact) mass is 258 g/mol. The summed E-state index contributed by atoms with van der Waals surface area (Å²) in [6.45, 7) is 6.32. The molecule has 0 radical (unpaired) electrons. The van der Waals surface area contributed by atoms with Crippen LogP contribution in [0.15, 0.2) is 12.4 Å². The Balaban J connectivity index is 0.00000144. The minimum Gasteiger partial charge on any atom is -0.337 e. The van der Waals surface area contributed by atoms with Gasteiger partial charge in [-0.25, -0.2) is 0 Å². The molecule has 0 atom stereocenters. The fourth-order valence-corrected chi connectivity index (χ4v) is 1.88. The lowest BCUT2D eigenvalue weighted by Gasteiger charge is -2.18. The minimum absolute atomic E-state index is 0. The Kier molecular flexibility index (Phi) is 5.44. The van der Waals surface area contributed by atoms with Crippen LogP contribution in [0, 0.1) is 0 Å². The summed E-state index contributed by atoms with van der Waals surface area (Å²) in [5.74, 6) is 0.100. The fourth-order valence-electron chi connectivity index (χ4n) is 1.88. The maximum absolute atomic E-state index is 12.1. The van der Waals surface area contributed by atoms with Gasteiger partial charge in [-0.05, 0) is 19.9 Å². The van der Waals surface area contributed by atoms with E-state index in [0.29, 0.717) is 5.56 Å². The second kappa shape index (κ2) is 6.61. The van der Waals surface area contributed by atoms with Gasteiger partial charge in [0.05, 0.1) is 11.8 Å². The normalized spacial score (nSPS) is 16.2. The van der Waals surface area contributed by atoms with Gasteiger partial charge in [-0.3, -0.25) is 9.48 Å². The molecule has 6 heteroatoms. The predicted molar refractivity (Wildman–Crippen MR) is 68.5 cm³/mol. The molecule has 17 heavy (non-hydrogen) atoms. The summed E-state index contributed by atoms with van der Waals surface area (Å²) < 4.78 is 1.78. The highest BCUT2D eigenvalue weighted by atomic mass is 35.5. The van der Waals surface area contributed by atoms with Crippen LogP contribution in [-0.2, 0) is 6.54 Å². The number of halogens is 1. The van der Waals surface area contributed by atoms with Crippen LogP contribution < -0.4 is 5.32 Å². The van der Waals surface area contributed by atoms with Gasteiger partial charge in [0.25, 0.3) is 5.91 Å². The van der Waals surface area contributed by atoms with E-state index < -0.39 is 0 Å². The van der Waals surface area contributed by atoms with Gasteiger partial charge in [-0.15, -0.1) is 12.4 Å². The van der Waals surface area contributed by atoms with Crippen LogP contribution in [0.4, 0.5) is 0 Å². The summed E-state index contributed by atoms with van der Waals surface area (Å²) in [7, 11) is 0. The van der Waals surface area contributed by atoms with Gasteiger partial charge in [0.15, 0.2) is 0 Å². The van der Waals surface area contributed by atoms with Crippen molar-refractivity contribution >= 4 is 18.3 Å². The molecule has 1 saturated heterocycles. The molecule has 5 nitrogen and oxygen atoms in total. The number of hydrogen-bond acceptors (Lipinski definition) is 3.